The SMILES string of the molecule is CNc1nc(N(C)C2CC2)nc(-n2ccnc2)n1. The van der Waals surface area contributed by atoms with Crippen LogP contribution in [-0.2, 0) is 0 Å². The van der Waals surface area contributed by atoms with Crippen LogP contribution in [0.5, 0.6) is 0 Å². The van der Waals surface area contributed by atoms with Gasteiger partial charge in [-0.3, -0.25) is 4.57 Å². The van der Waals surface area contributed by atoms with Crippen molar-refractivity contribution in [2.45, 2.75) is 18.9 Å². The number of anilines is 2. The molecule has 0 amide bonds. The zero-order valence-electron chi connectivity index (χ0n) is 10.4. The van der Waals surface area contributed by atoms with Gasteiger partial charge in [0.1, 0.15) is 6.33 Å². The van der Waals surface area contributed by atoms with Crippen molar-refractivity contribution in [3.63, 3.8) is 0 Å². The average molecular weight is 245 g/mol. The first-order valence-corrected chi connectivity index (χ1v) is 5.93. The number of rotatable bonds is 4. The maximum Gasteiger partial charge on any atom is 0.241 e. The molecule has 1 fully saturated rings. The molecule has 94 valence electrons. The van der Waals surface area contributed by atoms with Crippen molar-refractivity contribution in [1.82, 2.24) is 24.5 Å². The minimum Gasteiger partial charge on any atom is -0.357 e. The van der Waals surface area contributed by atoms with Crippen molar-refractivity contribution in [3.8, 4) is 5.95 Å². The maximum atomic E-state index is 4.47. The minimum atomic E-state index is 0.563. The lowest BCUT2D eigenvalue weighted by molar-refractivity contribution is 0.821. The van der Waals surface area contributed by atoms with Gasteiger partial charge in [0, 0.05) is 32.5 Å². The molecule has 0 spiro atoms. The second-order valence-corrected chi connectivity index (χ2v) is 4.32. The van der Waals surface area contributed by atoms with Gasteiger partial charge < -0.3 is 10.2 Å². The van der Waals surface area contributed by atoms with Crippen LogP contribution in [0.1, 0.15) is 12.8 Å². The molecule has 3 rings (SSSR count). The lowest BCUT2D eigenvalue weighted by Crippen LogP contribution is -2.23. The third-order valence-corrected chi connectivity index (χ3v) is 2.98. The number of hydrogen-bond acceptors (Lipinski definition) is 6. The van der Waals surface area contributed by atoms with Gasteiger partial charge in [-0.2, -0.15) is 15.0 Å². The Morgan fingerprint density at radius 3 is 2.78 bits per heavy atom. The van der Waals surface area contributed by atoms with E-state index in [1.54, 1.807) is 24.1 Å². The molecule has 0 aliphatic heterocycles. The van der Waals surface area contributed by atoms with Crippen LogP contribution in [-0.4, -0.2) is 44.6 Å². The third-order valence-electron chi connectivity index (χ3n) is 2.98. The Hall–Kier alpha value is -2.18. The van der Waals surface area contributed by atoms with E-state index in [-0.39, 0.29) is 0 Å². The topological polar surface area (TPSA) is 71.8 Å². The van der Waals surface area contributed by atoms with Gasteiger partial charge in [0.25, 0.3) is 0 Å². The van der Waals surface area contributed by atoms with Crippen LogP contribution in [0.25, 0.3) is 5.95 Å². The second-order valence-electron chi connectivity index (χ2n) is 4.32. The maximum absolute atomic E-state index is 4.47. The van der Waals surface area contributed by atoms with E-state index in [2.05, 4.69) is 30.2 Å². The Kier molecular flexibility index (Phi) is 2.58. The van der Waals surface area contributed by atoms with E-state index in [1.165, 1.54) is 12.8 Å². The first-order chi connectivity index (χ1) is 8.78. The summed E-state index contributed by atoms with van der Waals surface area (Å²) in [6.45, 7) is 0. The lowest BCUT2D eigenvalue weighted by Gasteiger charge is -2.17. The van der Waals surface area contributed by atoms with Crippen LogP contribution in [0.4, 0.5) is 11.9 Å². The van der Waals surface area contributed by atoms with Crippen LogP contribution in [0.2, 0.25) is 0 Å². The molecule has 0 bridgehead atoms. The first-order valence-electron chi connectivity index (χ1n) is 5.93. The van der Waals surface area contributed by atoms with Gasteiger partial charge in [-0.1, -0.05) is 0 Å². The summed E-state index contributed by atoms with van der Waals surface area (Å²) in [4.78, 5) is 19.3. The average Bonchev–Trinajstić information content (AvgIpc) is 3.11. The van der Waals surface area contributed by atoms with Crippen LogP contribution in [0.15, 0.2) is 18.7 Å². The predicted octanol–water partition coefficient (Wildman–Crippen LogP) is 0.698. The Labute approximate surface area is 105 Å². The molecule has 7 nitrogen and oxygen atoms in total. The van der Waals surface area contributed by atoms with Crippen LogP contribution < -0.4 is 10.2 Å². The highest BCUT2D eigenvalue weighted by Crippen LogP contribution is 2.28. The molecule has 1 N–H and O–H groups in total. The first kappa shape index (κ1) is 10.9. The predicted molar refractivity (Wildman–Crippen MR) is 67.9 cm³/mol. The van der Waals surface area contributed by atoms with Crippen molar-refractivity contribution in [1.29, 1.82) is 0 Å². The summed E-state index contributed by atoms with van der Waals surface area (Å²) in [7, 11) is 3.82. The van der Waals surface area contributed by atoms with Crippen LogP contribution in [0.3, 0.4) is 0 Å². The summed E-state index contributed by atoms with van der Waals surface area (Å²) in [6, 6.07) is 0.563. The van der Waals surface area contributed by atoms with E-state index in [9.17, 15) is 0 Å². The number of nitrogens with zero attached hydrogens (tertiary/aromatic N) is 6. The van der Waals surface area contributed by atoms with Crippen molar-refractivity contribution >= 4 is 11.9 Å². The normalized spacial score (nSPS) is 14.6. The minimum absolute atomic E-state index is 0.563. The molecule has 0 aromatic carbocycles. The van der Waals surface area contributed by atoms with Gasteiger partial charge >= 0.3 is 0 Å². The summed E-state index contributed by atoms with van der Waals surface area (Å²) in [5.74, 6) is 1.84. The van der Waals surface area contributed by atoms with Gasteiger partial charge in [-0.25, -0.2) is 4.98 Å². The van der Waals surface area contributed by atoms with Crippen molar-refractivity contribution in [2.75, 3.05) is 24.3 Å². The lowest BCUT2D eigenvalue weighted by atomic mass is 10.6. The fourth-order valence-electron chi connectivity index (χ4n) is 1.74. The number of hydrogen-bond donors (Lipinski definition) is 1. The molecule has 7 heteroatoms. The molecule has 1 aliphatic carbocycles. The molecular formula is C11H15N7. The number of aromatic nitrogens is 5. The molecule has 0 unspecified atom stereocenters. The molecule has 1 saturated carbocycles. The molecule has 18 heavy (non-hydrogen) atoms. The Balaban J connectivity index is 2.01. The fraction of sp³-hybridized carbons (Fsp3) is 0.455. The van der Waals surface area contributed by atoms with Crippen molar-refractivity contribution in [3.05, 3.63) is 18.7 Å². The monoisotopic (exact) mass is 245 g/mol. The third kappa shape index (κ3) is 1.99. The summed E-state index contributed by atoms with van der Waals surface area (Å²) in [5, 5.41) is 2.96. The molecule has 1 aliphatic rings. The van der Waals surface area contributed by atoms with Gasteiger partial charge in [0.2, 0.25) is 17.8 Å². The molecule has 0 radical (unpaired) electrons. The zero-order chi connectivity index (χ0) is 12.5. The van der Waals surface area contributed by atoms with Gasteiger partial charge in [-0.05, 0) is 12.8 Å². The van der Waals surface area contributed by atoms with E-state index in [4.69, 9.17) is 0 Å². The molecule has 0 atom stereocenters. The smallest absolute Gasteiger partial charge is 0.241 e. The Morgan fingerprint density at radius 2 is 2.17 bits per heavy atom. The van der Waals surface area contributed by atoms with Gasteiger partial charge in [-0.15, -0.1) is 0 Å². The highest BCUT2D eigenvalue weighted by molar-refractivity contribution is 5.41. The second kappa shape index (κ2) is 4.25. The fourth-order valence-corrected chi connectivity index (χ4v) is 1.74. The summed E-state index contributed by atoms with van der Waals surface area (Å²) in [6.07, 6.45) is 7.60. The van der Waals surface area contributed by atoms with Crippen molar-refractivity contribution in [2.24, 2.45) is 0 Å². The summed E-state index contributed by atoms with van der Waals surface area (Å²) >= 11 is 0. The van der Waals surface area contributed by atoms with E-state index >= 15 is 0 Å². The van der Waals surface area contributed by atoms with Crippen molar-refractivity contribution < 1.29 is 0 Å². The molecule has 2 heterocycles. The molecule has 2 aromatic heterocycles. The highest BCUT2D eigenvalue weighted by atomic mass is 15.3. The van der Waals surface area contributed by atoms with E-state index in [0.717, 1.165) is 0 Å². The van der Waals surface area contributed by atoms with Gasteiger partial charge in [0.15, 0.2) is 0 Å². The Bertz CT molecular complexity index is 532. The van der Waals surface area contributed by atoms with Gasteiger partial charge in [0.05, 0.1) is 0 Å². The largest absolute Gasteiger partial charge is 0.357 e. The van der Waals surface area contributed by atoms with Crippen LogP contribution in [0, 0.1) is 0 Å². The standard InChI is InChI=1S/C11H15N7/c1-12-9-14-10(17(2)8-3-4-8)16-11(15-9)18-6-5-13-7-18/h5-8H,3-4H2,1-2H3,(H,12,14,15,16). The molecule has 0 saturated heterocycles. The quantitative estimate of drug-likeness (QED) is 0.854. The van der Waals surface area contributed by atoms with E-state index in [0.29, 0.717) is 23.9 Å². The van der Waals surface area contributed by atoms with Crippen LogP contribution >= 0.6 is 0 Å². The number of imidazole rings is 1. The highest BCUT2D eigenvalue weighted by Gasteiger charge is 2.28. The molecular weight excluding hydrogens is 230 g/mol. The summed E-state index contributed by atoms with van der Waals surface area (Å²) in [5.41, 5.74) is 0. The van der Waals surface area contributed by atoms with E-state index in [1.807, 2.05) is 13.2 Å². The molecule has 2 aromatic rings. The van der Waals surface area contributed by atoms with E-state index < -0.39 is 0 Å². The Morgan fingerprint density at radius 1 is 1.33 bits per heavy atom. The summed E-state index contributed by atoms with van der Waals surface area (Å²) < 4.78 is 1.77. The zero-order valence-corrected chi connectivity index (χ0v) is 10.4. The number of nitrogens with one attached hydrogen (secondary N) is 1.